The monoisotopic (exact) mass is 430 g/mol. The molecule has 2 aliphatic rings. The van der Waals surface area contributed by atoms with Gasteiger partial charge in [0.2, 0.25) is 0 Å². The zero-order valence-electron chi connectivity index (χ0n) is 18.6. The summed E-state index contributed by atoms with van der Waals surface area (Å²) in [5.41, 5.74) is -0.812. The molecule has 4 rings (SSSR count). The van der Waals surface area contributed by atoms with Crippen molar-refractivity contribution in [2.24, 2.45) is 22.7 Å². The predicted octanol–water partition coefficient (Wildman–Crippen LogP) is 4.34. The number of Topliss-reactive ketones (excluding diaryl/α,β-unsaturated/α-hetero) is 1. The van der Waals surface area contributed by atoms with Gasteiger partial charge >= 0.3 is 11.9 Å². The van der Waals surface area contributed by atoms with Crippen molar-refractivity contribution in [2.45, 2.75) is 13.8 Å². The van der Waals surface area contributed by atoms with Gasteiger partial charge in [0.1, 0.15) is 0 Å². The number of allylic oxidation sites excluding steroid dienone is 2. The van der Waals surface area contributed by atoms with Crippen molar-refractivity contribution in [1.29, 1.82) is 0 Å². The standard InChI is InChI=1S/C27H26O5/c1-5-12-20-17(2)26(24(29)31-3)21(18-13-8-6-9-14-18)22(19-15-10-7-11-16-19)27(20,23(26)28)25(30)32-4/h5-17,20H,1-4H3/b12-5+/t17-,20-,26+,27-/m0/s1. The van der Waals surface area contributed by atoms with Crippen LogP contribution in [0.3, 0.4) is 0 Å². The highest BCUT2D eigenvalue weighted by Crippen LogP contribution is 2.72. The number of ether oxygens (including phenoxy) is 2. The van der Waals surface area contributed by atoms with E-state index >= 15 is 0 Å². The lowest BCUT2D eigenvalue weighted by Gasteiger charge is -2.39. The molecule has 32 heavy (non-hydrogen) atoms. The summed E-state index contributed by atoms with van der Waals surface area (Å²) in [6.07, 6.45) is 3.66. The van der Waals surface area contributed by atoms with Crippen molar-refractivity contribution in [3.8, 4) is 0 Å². The van der Waals surface area contributed by atoms with Crippen LogP contribution >= 0.6 is 0 Å². The van der Waals surface area contributed by atoms with Gasteiger partial charge in [0, 0.05) is 5.92 Å². The first-order chi connectivity index (χ1) is 15.4. The Kier molecular flexibility index (Phi) is 5.37. The molecule has 4 atom stereocenters. The van der Waals surface area contributed by atoms with E-state index in [0.717, 1.165) is 0 Å². The maximum Gasteiger partial charge on any atom is 0.324 e. The number of hydrogen-bond acceptors (Lipinski definition) is 5. The lowest BCUT2D eigenvalue weighted by atomic mass is 9.61. The average molecular weight is 431 g/mol. The van der Waals surface area contributed by atoms with E-state index in [1.807, 2.05) is 86.7 Å². The Labute approximate surface area is 187 Å². The number of hydrogen-bond donors (Lipinski definition) is 0. The summed E-state index contributed by atoms with van der Waals surface area (Å²) >= 11 is 0. The normalized spacial score (nSPS) is 28.9. The Bertz CT molecular complexity index is 1130. The van der Waals surface area contributed by atoms with Crippen molar-refractivity contribution < 1.29 is 23.9 Å². The zero-order chi connectivity index (χ0) is 23.1. The molecule has 1 fully saturated rings. The fourth-order valence-electron chi connectivity index (χ4n) is 5.83. The van der Waals surface area contributed by atoms with Crippen LogP contribution in [-0.4, -0.2) is 31.9 Å². The molecule has 5 nitrogen and oxygen atoms in total. The fourth-order valence-corrected chi connectivity index (χ4v) is 5.83. The number of carbonyl (C=O) groups is 3. The predicted molar refractivity (Wildman–Crippen MR) is 121 cm³/mol. The highest BCUT2D eigenvalue weighted by Gasteiger charge is 2.80. The third kappa shape index (κ3) is 2.48. The van der Waals surface area contributed by atoms with Gasteiger partial charge in [-0.1, -0.05) is 79.7 Å². The third-order valence-corrected chi connectivity index (χ3v) is 7.02. The topological polar surface area (TPSA) is 69.7 Å². The van der Waals surface area contributed by atoms with Gasteiger partial charge < -0.3 is 9.47 Å². The number of fused-ring (bicyclic) bond motifs is 2. The van der Waals surface area contributed by atoms with Crippen LogP contribution in [0.15, 0.2) is 72.8 Å². The molecule has 0 unspecified atom stereocenters. The van der Waals surface area contributed by atoms with Gasteiger partial charge in [-0.2, -0.15) is 0 Å². The van der Waals surface area contributed by atoms with Crippen LogP contribution in [0.1, 0.15) is 25.0 Å². The minimum atomic E-state index is -1.65. The number of esters is 2. The minimum absolute atomic E-state index is 0.475. The summed E-state index contributed by atoms with van der Waals surface area (Å²) < 4.78 is 10.5. The molecule has 0 radical (unpaired) electrons. The Hall–Kier alpha value is -3.47. The maximum atomic E-state index is 14.4. The first kappa shape index (κ1) is 21.8. The molecule has 5 heteroatoms. The van der Waals surface area contributed by atoms with E-state index in [0.29, 0.717) is 22.3 Å². The van der Waals surface area contributed by atoms with Gasteiger partial charge in [0.15, 0.2) is 16.6 Å². The quantitative estimate of drug-likeness (QED) is 0.401. The Balaban J connectivity index is 2.25. The number of rotatable bonds is 5. The third-order valence-electron chi connectivity index (χ3n) is 7.02. The van der Waals surface area contributed by atoms with Crippen LogP contribution in [0.5, 0.6) is 0 Å². The van der Waals surface area contributed by atoms with Crippen molar-refractivity contribution in [3.05, 3.63) is 83.9 Å². The van der Waals surface area contributed by atoms with Gasteiger partial charge in [0.05, 0.1) is 14.2 Å². The molecule has 2 aromatic rings. The Morgan fingerprint density at radius 3 is 1.69 bits per heavy atom. The molecule has 2 aliphatic carbocycles. The van der Waals surface area contributed by atoms with Crippen molar-refractivity contribution in [1.82, 2.24) is 0 Å². The average Bonchev–Trinajstić information content (AvgIpc) is 3.19. The molecule has 0 N–H and O–H groups in total. The van der Waals surface area contributed by atoms with E-state index in [9.17, 15) is 14.4 Å². The van der Waals surface area contributed by atoms with Crippen LogP contribution in [0.4, 0.5) is 0 Å². The molecule has 0 heterocycles. The van der Waals surface area contributed by atoms with Gasteiger partial charge in [-0.05, 0) is 35.1 Å². The Morgan fingerprint density at radius 2 is 1.25 bits per heavy atom. The fraction of sp³-hybridized carbons (Fsp3) is 0.296. The van der Waals surface area contributed by atoms with E-state index in [-0.39, 0.29) is 0 Å². The van der Waals surface area contributed by atoms with Gasteiger partial charge in [0.25, 0.3) is 0 Å². The van der Waals surface area contributed by atoms with Crippen LogP contribution in [0.2, 0.25) is 0 Å². The van der Waals surface area contributed by atoms with E-state index in [1.165, 1.54) is 14.2 Å². The molecule has 0 aliphatic heterocycles. The highest BCUT2D eigenvalue weighted by atomic mass is 16.5. The van der Waals surface area contributed by atoms with Crippen LogP contribution in [0.25, 0.3) is 11.1 Å². The van der Waals surface area contributed by atoms with E-state index < -0.39 is 40.4 Å². The van der Waals surface area contributed by atoms with E-state index in [2.05, 4.69) is 0 Å². The van der Waals surface area contributed by atoms with Gasteiger partial charge in [-0.25, -0.2) is 0 Å². The molecule has 164 valence electrons. The summed E-state index contributed by atoms with van der Waals surface area (Å²) in [6.45, 7) is 3.68. The molecular weight excluding hydrogens is 404 g/mol. The zero-order valence-corrected chi connectivity index (χ0v) is 18.6. The lowest BCUT2D eigenvalue weighted by molar-refractivity contribution is -0.157. The number of benzene rings is 2. The summed E-state index contributed by atoms with van der Waals surface area (Å²) in [5, 5.41) is 0. The number of methoxy groups -OCH3 is 2. The number of ketones is 1. The summed E-state index contributed by atoms with van der Waals surface area (Å²) in [6, 6.07) is 18.6. The van der Waals surface area contributed by atoms with Crippen molar-refractivity contribution in [2.75, 3.05) is 14.2 Å². The molecule has 1 saturated carbocycles. The second-order valence-corrected chi connectivity index (χ2v) is 8.25. The summed E-state index contributed by atoms with van der Waals surface area (Å²) in [7, 11) is 2.56. The summed E-state index contributed by atoms with van der Waals surface area (Å²) in [4.78, 5) is 41.5. The van der Waals surface area contributed by atoms with E-state index in [4.69, 9.17) is 9.47 Å². The first-order valence-corrected chi connectivity index (χ1v) is 10.6. The maximum absolute atomic E-state index is 14.4. The molecular formula is C27H26O5. The molecule has 0 spiro atoms. The largest absolute Gasteiger partial charge is 0.468 e. The first-order valence-electron chi connectivity index (χ1n) is 10.6. The van der Waals surface area contributed by atoms with Crippen molar-refractivity contribution in [3.63, 3.8) is 0 Å². The van der Waals surface area contributed by atoms with Crippen LogP contribution < -0.4 is 0 Å². The Morgan fingerprint density at radius 1 is 0.812 bits per heavy atom. The van der Waals surface area contributed by atoms with E-state index in [1.54, 1.807) is 0 Å². The smallest absolute Gasteiger partial charge is 0.324 e. The molecule has 2 bridgehead atoms. The number of carbonyl (C=O) groups excluding carboxylic acids is 3. The molecule has 0 aromatic heterocycles. The van der Waals surface area contributed by atoms with Crippen LogP contribution in [0, 0.1) is 22.7 Å². The second-order valence-electron chi connectivity index (χ2n) is 8.25. The van der Waals surface area contributed by atoms with Gasteiger partial charge in [-0.3, -0.25) is 14.4 Å². The molecule has 0 saturated heterocycles. The minimum Gasteiger partial charge on any atom is -0.468 e. The van der Waals surface area contributed by atoms with Crippen molar-refractivity contribution >= 4 is 28.9 Å². The molecule has 2 aromatic carbocycles. The lowest BCUT2D eigenvalue weighted by Crippen LogP contribution is -2.43. The second kappa shape index (κ2) is 7.90. The SMILES string of the molecule is C/C=C/[C@H]1[C@H](C)[C@]2(C(=O)OC)C(=O)[C@@]1(C(=O)OC)C(c1ccccc1)=C2c1ccccc1. The van der Waals surface area contributed by atoms with Crippen LogP contribution in [-0.2, 0) is 23.9 Å². The summed E-state index contributed by atoms with van der Waals surface area (Å²) in [5.74, 6) is -2.86. The van der Waals surface area contributed by atoms with Gasteiger partial charge in [-0.15, -0.1) is 0 Å². The molecule has 0 amide bonds. The highest BCUT2D eigenvalue weighted by molar-refractivity contribution is 6.38.